The molecule has 6 nitrogen and oxygen atoms in total. The molecule has 0 bridgehead atoms. The number of thiazole rings is 1. The van der Waals surface area contributed by atoms with E-state index in [4.69, 9.17) is 9.41 Å². The lowest BCUT2D eigenvalue weighted by molar-refractivity contribution is 0.0697. The molecule has 1 aliphatic heterocycles. The molecule has 190 valence electrons. The summed E-state index contributed by atoms with van der Waals surface area (Å²) in [5.74, 6) is 0.0516. The van der Waals surface area contributed by atoms with Crippen LogP contribution in [-0.2, 0) is 6.42 Å². The number of nitrogens with zero attached hydrogens (tertiary/aromatic N) is 2. The van der Waals surface area contributed by atoms with Crippen LogP contribution in [0.5, 0.6) is 0 Å². The van der Waals surface area contributed by atoms with E-state index in [0.29, 0.717) is 26.4 Å². The third-order valence-electron chi connectivity index (χ3n) is 7.28. The number of carboxylic acid groups (broad SMARTS) is 1. The Balaban J connectivity index is 1.37. The van der Waals surface area contributed by atoms with Crippen LogP contribution in [0.25, 0.3) is 23.1 Å². The molecule has 3 heterocycles. The van der Waals surface area contributed by atoms with Crippen molar-refractivity contribution < 1.29 is 14.3 Å². The zero-order chi connectivity index (χ0) is 26.5. The first-order valence-electron chi connectivity index (χ1n) is 12.7. The number of fused-ring (bicyclic) bond motifs is 3. The lowest BCUT2D eigenvalue weighted by Gasteiger charge is -2.30. The first kappa shape index (κ1) is 23.4. The minimum Gasteiger partial charge on any atom is -0.478 e. The fraction of sp³-hybridized carbons (Fsp3) is 0.0938. The van der Waals surface area contributed by atoms with Gasteiger partial charge in [0, 0.05) is 17.2 Å². The Morgan fingerprint density at radius 2 is 1.79 bits per heavy atom. The highest BCUT2D eigenvalue weighted by molar-refractivity contribution is 7.07. The lowest BCUT2D eigenvalue weighted by atomic mass is 9.83. The molecule has 0 saturated heterocycles. The fourth-order valence-electron chi connectivity index (χ4n) is 5.48. The highest BCUT2D eigenvalue weighted by Gasteiger charge is 2.32. The second kappa shape index (κ2) is 9.22. The second-order valence-electron chi connectivity index (χ2n) is 9.61. The van der Waals surface area contributed by atoms with Gasteiger partial charge in [-0.15, -0.1) is 0 Å². The second-order valence-corrected chi connectivity index (χ2v) is 10.6. The molecular weight excluding hydrogens is 508 g/mol. The number of allylic oxidation sites excluding steroid dienone is 1. The number of hydrogen-bond acceptors (Lipinski definition) is 5. The van der Waals surface area contributed by atoms with Crippen LogP contribution in [0.1, 0.15) is 45.3 Å². The molecule has 0 amide bonds. The third kappa shape index (κ3) is 3.99. The van der Waals surface area contributed by atoms with Crippen molar-refractivity contribution in [1.29, 1.82) is 0 Å². The molecule has 1 N–H and O–H groups in total. The summed E-state index contributed by atoms with van der Waals surface area (Å²) < 4.78 is 8.37. The Kier molecular flexibility index (Phi) is 5.52. The van der Waals surface area contributed by atoms with Crippen molar-refractivity contribution in [3.63, 3.8) is 0 Å². The molecule has 39 heavy (non-hydrogen) atoms. The van der Waals surface area contributed by atoms with Crippen molar-refractivity contribution in [1.82, 2.24) is 4.57 Å². The van der Waals surface area contributed by atoms with Crippen molar-refractivity contribution in [3.8, 4) is 11.3 Å². The molecule has 2 aromatic heterocycles. The first-order valence-corrected chi connectivity index (χ1v) is 13.5. The van der Waals surface area contributed by atoms with Crippen LogP contribution < -0.4 is 14.9 Å². The summed E-state index contributed by atoms with van der Waals surface area (Å²) in [5, 5.41) is 9.32. The number of aromatic nitrogens is 1. The van der Waals surface area contributed by atoms with E-state index in [9.17, 15) is 14.7 Å². The van der Waals surface area contributed by atoms with Gasteiger partial charge in [0.05, 0.1) is 21.8 Å². The lowest BCUT2D eigenvalue weighted by Crippen LogP contribution is -2.38. The van der Waals surface area contributed by atoms with Crippen LogP contribution in [0.4, 0.5) is 0 Å². The van der Waals surface area contributed by atoms with Gasteiger partial charge >= 0.3 is 5.97 Å². The summed E-state index contributed by atoms with van der Waals surface area (Å²) in [6, 6.07) is 28.5. The summed E-state index contributed by atoms with van der Waals surface area (Å²) in [4.78, 5) is 30.9. The standard InChI is InChI=1S/C32H22N2O4S/c35-30-27(18-23-14-16-26(38-23)21-10-6-11-22(17-21)31(36)37)39-32-33-28-24-12-5-4-7-19(24)13-15-25(28)29(34(30)32)20-8-2-1-3-9-20/h1-12,14,16-18,29H,13,15H2,(H,36,37)/b27-18-. The van der Waals surface area contributed by atoms with Gasteiger partial charge in [0.1, 0.15) is 11.5 Å². The number of carbonyl (C=O) groups is 1. The SMILES string of the molecule is O=C(O)c1cccc(-c2ccc(/C=c3\sc4n(c3=O)C(c3ccccc3)C3=C(N=4)c4ccccc4CC3)o2)c1. The maximum Gasteiger partial charge on any atom is 0.335 e. The summed E-state index contributed by atoms with van der Waals surface area (Å²) in [6.07, 6.45) is 3.50. The number of aryl methyl sites for hydroxylation is 1. The van der Waals surface area contributed by atoms with E-state index >= 15 is 0 Å². The van der Waals surface area contributed by atoms with Gasteiger partial charge < -0.3 is 9.52 Å². The monoisotopic (exact) mass is 530 g/mol. The summed E-state index contributed by atoms with van der Waals surface area (Å²) >= 11 is 1.35. The third-order valence-corrected chi connectivity index (χ3v) is 8.27. The molecule has 0 radical (unpaired) electrons. The molecule has 1 atom stereocenters. The number of furan rings is 1. The summed E-state index contributed by atoms with van der Waals surface area (Å²) in [7, 11) is 0. The van der Waals surface area contributed by atoms with Gasteiger partial charge in [-0.1, -0.05) is 78.1 Å². The van der Waals surface area contributed by atoms with Crippen molar-refractivity contribution in [2.24, 2.45) is 4.99 Å². The quantitative estimate of drug-likeness (QED) is 0.343. The van der Waals surface area contributed by atoms with Gasteiger partial charge in [0.25, 0.3) is 5.56 Å². The van der Waals surface area contributed by atoms with Crippen molar-refractivity contribution >= 4 is 29.1 Å². The van der Waals surface area contributed by atoms with Crippen LogP contribution in [-0.4, -0.2) is 15.6 Å². The minimum absolute atomic E-state index is 0.108. The smallest absolute Gasteiger partial charge is 0.335 e. The summed E-state index contributed by atoms with van der Waals surface area (Å²) in [6.45, 7) is 0. The largest absolute Gasteiger partial charge is 0.478 e. The Hall–Kier alpha value is -4.75. The molecular formula is C32H22N2O4S. The molecule has 7 rings (SSSR count). The van der Waals surface area contributed by atoms with Gasteiger partial charge in [0.15, 0.2) is 4.80 Å². The number of aromatic carboxylic acids is 1. The first-order chi connectivity index (χ1) is 19.1. The fourth-order valence-corrected chi connectivity index (χ4v) is 6.46. The zero-order valence-corrected chi connectivity index (χ0v) is 21.5. The molecule has 2 aliphatic rings. The highest BCUT2D eigenvalue weighted by Crippen LogP contribution is 2.41. The zero-order valence-electron chi connectivity index (χ0n) is 20.7. The predicted octanol–water partition coefficient (Wildman–Crippen LogP) is 5.28. The molecule has 1 aliphatic carbocycles. The number of carboxylic acids is 1. The van der Waals surface area contributed by atoms with Crippen molar-refractivity contribution in [3.05, 3.63) is 144 Å². The predicted molar refractivity (Wildman–Crippen MR) is 150 cm³/mol. The Morgan fingerprint density at radius 1 is 0.974 bits per heavy atom. The van der Waals surface area contributed by atoms with Gasteiger partial charge in [-0.2, -0.15) is 0 Å². The Morgan fingerprint density at radius 3 is 2.64 bits per heavy atom. The van der Waals surface area contributed by atoms with Gasteiger partial charge in [-0.25, -0.2) is 9.79 Å². The normalized spacial score (nSPS) is 16.3. The van der Waals surface area contributed by atoms with Crippen LogP contribution >= 0.6 is 11.3 Å². The summed E-state index contributed by atoms with van der Waals surface area (Å²) in [5.41, 5.74) is 6.35. The molecule has 5 aromatic rings. The highest BCUT2D eigenvalue weighted by atomic mass is 32.1. The molecule has 3 aromatic carbocycles. The van der Waals surface area contributed by atoms with Crippen LogP contribution in [0.3, 0.4) is 0 Å². The van der Waals surface area contributed by atoms with E-state index in [1.165, 1.54) is 23.0 Å². The van der Waals surface area contributed by atoms with E-state index in [-0.39, 0.29) is 17.2 Å². The van der Waals surface area contributed by atoms with E-state index in [1.54, 1.807) is 36.4 Å². The Bertz CT molecular complexity index is 1980. The van der Waals surface area contributed by atoms with E-state index in [1.807, 2.05) is 28.8 Å². The molecule has 1 unspecified atom stereocenters. The van der Waals surface area contributed by atoms with E-state index in [2.05, 4.69) is 30.3 Å². The van der Waals surface area contributed by atoms with Crippen LogP contribution in [0, 0.1) is 0 Å². The van der Waals surface area contributed by atoms with Crippen molar-refractivity contribution in [2.45, 2.75) is 18.9 Å². The van der Waals surface area contributed by atoms with Gasteiger partial charge in [0.2, 0.25) is 0 Å². The van der Waals surface area contributed by atoms with Crippen molar-refractivity contribution in [2.75, 3.05) is 0 Å². The van der Waals surface area contributed by atoms with Gasteiger partial charge in [-0.05, 0) is 53.8 Å². The van der Waals surface area contributed by atoms with Crippen LogP contribution in [0.2, 0.25) is 0 Å². The average Bonchev–Trinajstić information content (AvgIpc) is 3.56. The maximum absolute atomic E-state index is 13.9. The average molecular weight is 531 g/mol. The number of rotatable bonds is 4. The Labute approximate surface area is 227 Å². The topological polar surface area (TPSA) is 84.8 Å². The molecule has 7 heteroatoms. The van der Waals surface area contributed by atoms with Crippen LogP contribution in [0.15, 0.2) is 111 Å². The molecule has 0 saturated carbocycles. The number of benzene rings is 3. The van der Waals surface area contributed by atoms with E-state index < -0.39 is 5.97 Å². The molecule has 0 spiro atoms. The molecule has 0 fully saturated rings. The van der Waals surface area contributed by atoms with E-state index in [0.717, 1.165) is 35.2 Å². The van der Waals surface area contributed by atoms with Gasteiger partial charge in [-0.3, -0.25) is 9.36 Å². The number of hydrogen-bond donors (Lipinski definition) is 1. The minimum atomic E-state index is -0.997. The maximum atomic E-state index is 13.9.